The van der Waals surface area contributed by atoms with Crippen LogP contribution in [0.25, 0.3) is 10.8 Å². The Morgan fingerprint density at radius 1 is 1.16 bits per heavy atom. The van der Waals surface area contributed by atoms with Gasteiger partial charge in [0.1, 0.15) is 5.75 Å². The van der Waals surface area contributed by atoms with Crippen LogP contribution < -0.4 is 0 Å². The summed E-state index contributed by atoms with van der Waals surface area (Å²) in [4.78, 5) is 14.0. The lowest BCUT2D eigenvalue weighted by Gasteiger charge is -2.19. The van der Waals surface area contributed by atoms with Crippen molar-refractivity contribution in [2.75, 3.05) is 13.1 Å². The zero-order chi connectivity index (χ0) is 14.0. The SMILES string of the molecule is CCN(CC)C(=O)c1cc2cc(Br)ccc2cc1O. The Bertz CT molecular complexity index is 621. The third-order valence-corrected chi connectivity index (χ3v) is 3.69. The lowest BCUT2D eigenvalue weighted by Crippen LogP contribution is -2.30. The Morgan fingerprint density at radius 3 is 2.47 bits per heavy atom. The topological polar surface area (TPSA) is 40.5 Å². The van der Waals surface area contributed by atoms with Gasteiger partial charge in [-0.15, -0.1) is 0 Å². The van der Waals surface area contributed by atoms with Gasteiger partial charge < -0.3 is 10.0 Å². The number of amides is 1. The van der Waals surface area contributed by atoms with Crippen molar-refractivity contribution >= 4 is 32.6 Å². The van der Waals surface area contributed by atoms with Crippen LogP contribution in [0.2, 0.25) is 0 Å². The van der Waals surface area contributed by atoms with E-state index < -0.39 is 0 Å². The Hall–Kier alpha value is -1.55. The fourth-order valence-electron chi connectivity index (χ4n) is 2.11. The van der Waals surface area contributed by atoms with E-state index in [1.54, 1.807) is 17.0 Å². The van der Waals surface area contributed by atoms with Crippen LogP contribution in [0.5, 0.6) is 5.75 Å². The number of hydrogen-bond donors (Lipinski definition) is 1. The number of rotatable bonds is 3. The van der Waals surface area contributed by atoms with Crippen LogP contribution in [0.4, 0.5) is 0 Å². The maximum absolute atomic E-state index is 12.3. The molecule has 0 spiro atoms. The molecule has 2 rings (SSSR count). The van der Waals surface area contributed by atoms with Crippen LogP contribution in [0.1, 0.15) is 24.2 Å². The number of halogens is 1. The van der Waals surface area contributed by atoms with Gasteiger partial charge in [0.25, 0.3) is 5.91 Å². The molecule has 0 aliphatic carbocycles. The summed E-state index contributed by atoms with van der Waals surface area (Å²) in [6, 6.07) is 9.14. The average molecular weight is 322 g/mol. The molecular formula is C15H16BrNO2. The van der Waals surface area contributed by atoms with Crippen LogP contribution >= 0.6 is 15.9 Å². The molecule has 0 radical (unpaired) electrons. The predicted octanol–water partition coefficient (Wildman–Crippen LogP) is 3.79. The normalized spacial score (nSPS) is 10.7. The van der Waals surface area contributed by atoms with Gasteiger partial charge in [-0.05, 0) is 48.9 Å². The quantitative estimate of drug-likeness (QED) is 0.934. The number of carbonyl (C=O) groups excluding carboxylic acids is 1. The number of phenolic OH excluding ortho intramolecular Hbond substituents is 1. The second kappa shape index (κ2) is 5.61. The molecule has 2 aromatic rings. The number of hydrogen-bond acceptors (Lipinski definition) is 2. The lowest BCUT2D eigenvalue weighted by molar-refractivity contribution is 0.0770. The van der Waals surface area contributed by atoms with Crippen molar-refractivity contribution < 1.29 is 9.90 Å². The van der Waals surface area contributed by atoms with Crippen molar-refractivity contribution in [1.82, 2.24) is 4.90 Å². The zero-order valence-corrected chi connectivity index (χ0v) is 12.6. The van der Waals surface area contributed by atoms with E-state index in [4.69, 9.17) is 0 Å². The van der Waals surface area contributed by atoms with Crippen LogP contribution in [-0.4, -0.2) is 29.0 Å². The van der Waals surface area contributed by atoms with Crippen LogP contribution in [-0.2, 0) is 0 Å². The minimum absolute atomic E-state index is 0.0340. The number of nitrogens with zero attached hydrogens (tertiary/aromatic N) is 1. The molecule has 19 heavy (non-hydrogen) atoms. The molecule has 0 heterocycles. The van der Waals surface area contributed by atoms with Gasteiger partial charge >= 0.3 is 0 Å². The molecule has 100 valence electrons. The summed E-state index contributed by atoms with van der Waals surface area (Å²) in [6.07, 6.45) is 0. The molecule has 0 bridgehead atoms. The first-order valence-electron chi connectivity index (χ1n) is 6.28. The van der Waals surface area contributed by atoms with Crippen LogP contribution in [0.15, 0.2) is 34.8 Å². The first-order valence-corrected chi connectivity index (χ1v) is 7.07. The maximum Gasteiger partial charge on any atom is 0.257 e. The zero-order valence-electron chi connectivity index (χ0n) is 11.0. The average Bonchev–Trinajstić information content (AvgIpc) is 2.39. The minimum atomic E-state index is -0.135. The summed E-state index contributed by atoms with van der Waals surface area (Å²) in [5, 5.41) is 11.9. The highest BCUT2D eigenvalue weighted by Crippen LogP contribution is 2.28. The largest absolute Gasteiger partial charge is 0.507 e. The molecule has 0 aromatic heterocycles. The third-order valence-electron chi connectivity index (χ3n) is 3.20. The second-order valence-corrected chi connectivity index (χ2v) is 5.25. The number of benzene rings is 2. The van der Waals surface area contributed by atoms with Crippen molar-refractivity contribution in [2.45, 2.75) is 13.8 Å². The molecule has 0 aliphatic heterocycles. The number of aromatic hydroxyl groups is 1. The number of phenols is 1. The molecule has 3 nitrogen and oxygen atoms in total. The van der Waals surface area contributed by atoms with Crippen molar-refractivity contribution in [3.63, 3.8) is 0 Å². The monoisotopic (exact) mass is 321 g/mol. The molecule has 2 aromatic carbocycles. The highest BCUT2D eigenvalue weighted by Gasteiger charge is 2.17. The van der Waals surface area contributed by atoms with Gasteiger partial charge in [-0.2, -0.15) is 0 Å². The van der Waals surface area contributed by atoms with Crippen molar-refractivity contribution in [3.8, 4) is 5.75 Å². The molecule has 0 aliphatic rings. The third kappa shape index (κ3) is 2.73. The van der Waals surface area contributed by atoms with Crippen molar-refractivity contribution in [3.05, 3.63) is 40.4 Å². The van der Waals surface area contributed by atoms with E-state index in [1.165, 1.54) is 0 Å². The van der Waals surface area contributed by atoms with E-state index in [0.29, 0.717) is 18.7 Å². The van der Waals surface area contributed by atoms with E-state index in [1.807, 2.05) is 32.0 Å². The van der Waals surface area contributed by atoms with Gasteiger partial charge in [0.05, 0.1) is 5.56 Å². The first kappa shape index (κ1) is 13.9. The van der Waals surface area contributed by atoms with Gasteiger partial charge in [-0.1, -0.05) is 22.0 Å². The highest BCUT2D eigenvalue weighted by atomic mass is 79.9. The van der Waals surface area contributed by atoms with Gasteiger partial charge in [0, 0.05) is 17.6 Å². The van der Waals surface area contributed by atoms with E-state index in [0.717, 1.165) is 15.2 Å². The van der Waals surface area contributed by atoms with Crippen LogP contribution in [0, 0.1) is 0 Å². The Labute approximate surface area is 121 Å². The molecule has 1 N–H and O–H groups in total. The van der Waals surface area contributed by atoms with Gasteiger partial charge in [0.15, 0.2) is 0 Å². The molecule has 0 atom stereocenters. The Morgan fingerprint density at radius 2 is 1.84 bits per heavy atom. The van der Waals surface area contributed by atoms with Gasteiger partial charge in [-0.3, -0.25) is 4.79 Å². The van der Waals surface area contributed by atoms with E-state index >= 15 is 0 Å². The Balaban J connectivity index is 2.54. The van der Waals surface area contributed by atoms with Gasteiger partial charge in [-0.25, -0.2) is 0 Å². The number of fused-ring (bicyclic) bond motifs is 1. The molecule has 0 saturated heterocycles. The maximum atomic E-state index is 12.3. The fraction of sp³-hybridized carbons (Fsp3) is 0.267. The lowest BCUT2D eigenvalue weighted by atomic mass is 10.0. The predicted molar refractivity (Wildman–Crippen MR) is 80.6 cm³/mol. The number of carbonyl (C=O) groups is 1. The standard InChI is InChI=1S/C15H16BrNO2/c1-3-17(4-2)15(19)13-8-11-7-12(16)6-5-10(11)9-14(13)18/h5-9,18H,3-4H2,1-2H3. The molecule has 1 amide bonds. The van der Waals surface area contributed by atoms with Crippen LogP contribution in [0.3, 0.4) is 0 Å². The molecule has 0 saturated carbocycles. The second-order valence-electron chi connectivity index (χ2n) is 4.34. The summed E-state index contributed by atoms with van der Waals surface area (Å²) in [6.45, 7) is 5.11. The molecular weight excluding hydrogens is 306 g/mol. The molecule has 0 unspecified atom stereocenters. The van der Waals surface area contributed by atoms with Crippen molar-refractivity contribution in [2.24, 2.45) is 0 Å². The summed E-state index contributed by atoms with van der Waals surface area (Å²) < 4.78 is 0.951. The fourth-order valence-corrected chi connectivity index (χ4v) is 2.49. The summed E-state index contributed by atoms with van der Waals surface area (Å²) in [5.74, 6) is -0.101. The smallest absolute Gasteiger partial charge is 0.257 e. The van der Waals surface area contributed by atoms with Crippen molar-refractivity contribution in [1.29, 1.82) is 0 Å². The summed E-state index contributed by atoms with van der Waals surface area (Å²) in [7, 11) is 0. The first-order chi connectivity index (χ1) is 9.06. The highest BCUT2D eigenvalue weighted by molar-refractivity contribution is 9.10. The summed E-state index contributed by atoms with van der Waals surface area (Å²) in [5.41, 5.74) is 0.356. The summed E-state index contributed by atoms with van der Waals surface area (Å²) >= 11 is 3.41. The van der Waals surface area contributed by atoms with Gasteiger partial charge in [0.2, 0.25) is 0 Å². The molecule has 4 heteroatoms. The van der Waals surface area contributed by atoms with E-state index in [2.05, 4.69) is 15.9 Å². The minimum Gasteiger partial charge on any atom is -0.507 e. The Kier molecular flexibility index (Phi) is 4.10. The van der Waals surface area contributed by atoms with E-state index in [-0.39, 0.29) is 11.7 Å². The molecule has 0 fully saturated rings. The van der Waals surface area contributed by atoms with E-state index in [9.17, 15) is 9.90 Å².